The lowest BCUT2D eigenvalue weighted by Gasteiger charge is -2.32. The Labute approximate surface area is 118 Å². The summed E-state index contributed by atoms with van der Waals surface area (Å²) in [4.78, 5) is 12.2. The lowest BCUT2D eigenvalue weighted by Crippen LogP contribution is -2.34. The highest BCUT2D eigenvalue weighted by Crippen LogP contribution is 2.45. The number of rotatable bonds is 1. The fourth-order valence-corrected chi connectivity index (χ4v) is 2.43. The summed E-state index contributed by atoms with van der Waals surface area (Å²) in [5, 5.41) is 0. The van der Waals surface area contributed by atoms with Crippen molar-refractivity contribution in [1.29, 1.82) is 0 Å². The van der Waals surface area contributed by atoms with E-state index in [0.717, 1.165) is 16.7 Å². The molecule has 1 heterocycles. The van der Waals surface area contributed by atoms with Gasteiger partial charge in [0.05, 0.1) is 5.41 Å². The molecule has 2 nitrogen and oxygen atoms in total. The molecule has 0 aliphatic carbocycles. The molecule has 0 aromatic heterocycles. The van der Waals surface area contributed by atoms with Crippen LogP contribution in [0.5, 0.6) is 5.75 Å². The Hall–Kier alpha value is -2.35. The molecule has 0 saturated carbocycles. The van der Waals surface area contributed by atoms with Gasteiger partial charge in [-0.3, -0.25) is 4.79 Å². The van der Waals surface area contributed by atoms with Gasteiger partial charge in [-0.25, -0.2) is 0 Å². The molecule has 0 amide bonds. The molecule has 0 spiro atoms. The van der Waals surface area contributed by atoms with E-state index in [2.05, 4.69) is 6.08 Å². The number of hydrogen-bond donors (Lipinski definition) is 0. The third-order valence-electron chi connectivity index (χ3n) is 3.67. The van der Waals surface area contributed by atoms with Crippen molar-refractivity contribution in [2.75, 3.05) is 0 Å². The first kappa shape index (κ1) is 12.7. The van der Waals surface area contributed by atoms with Crippen LogP contribution in [-0.2, 0) is 4.79 Å². The van der Waals surface area contributed by atoms with Crippen molar-refractivity contribution in [3.63, 3.8) is 0 Å². The molecule has 0 radical (unpaired) electrons. The van der Waals surface area contributed by atoms with E-state index in [9.17, 15) is 4.79 Å². The Kier molecular flexibility index (Phi) is 2.94. The number of carbonyl (C=O) groups is 1. The van der Waals surface area contributed by atoms with Crippen LogP contribution in [0, 0.1) is 5.41 Å². The predicted octanol–water partition coefficient (Wildman–Crippen LogP) is 4.17. The van der Waals surface area contributed by atoms with E-state index in [1.807, 2.05) is 68.4 Å². The maximum absolute atomic E-state index is 12.2. The second-order valence-electron chi connectivity index (χ2n) is 5.48. The van der Waals surface area contributed by atoms with Crippen LogP contribution in [0.3, 0.4) is 0 Å². The van der Waals surface area contributed by atoms with Crippen molar-refractivity contribution in [1.82, 2.24) is 0 Å². The highest BCUT2D eigenvalue weighted by atomic mass is 16.5. The molecular weight excluding hydrogens is 248 g/mol. The van der Waals surface area contributed by atoms with Gasteiger partial charge in [-0.05, 0) is 37.1 Å². The molecule has 0 N–H and O–H groups in total. The zero-order valence-corrected chi connectivity index (χ0v) is 11.6. The molecule has 0 saturated heterocycles. The topological polar surface area (TPSA) is 26.3 Å². The van der Waals surface area contributed by atoms with E-state index in [1.54, 1.807) is 0 Å². The molecule has 2 aromatic rings. The number of carbonyl (C=O) groups excluding carboxylic acids is 1. The molecule has 100 valence electrons. The van der Waals surface area contributed by atoms with Gasteiger partial charge in [0.2, 0.25) is 0 Å². The van der Waals surface area contributed by atoms with Crippen molar-refractivity contribution in [3.8, 4) is 5.75 Å². The van der Waals surface area contributed by atoms with E-state index in [4.69, 9.17) is 4.74 Å². The third kappa shape index (κ3) is 2.03. The van der Waals surface area contributed by atoms with Crippen molar-refractivity contribution in [2.24, 2.45) is 5.41 Å². The molecule has 0 fully saturated rings. The summed E-state index contributed by atoms with van der Waals surface area (Å²) >= 11 is 0. The van der Waals surface area contributed by atoms with Crippen molar-refractivity contribution < 1.29 is 9.53 Å². The number of esters is 1. The minimum absolute atomic E-state index is 0.210. The summed E-state index contributed by atoms with van der Waals surface area (Å²) in [6.45, 7) is 3.81. The van der Waals surface area contributed by atoms with Crippen molar-refractivity contribution in [3.05, 3.63) is 65.7 Å². The molecular formula is C18H16O2. The Bertz CT molecular complexity index is 682. The first-order valence-electron chi connectivity index (χ1n) is 6.68. The van der Waals surface area contributed by atoms with Gasteiger partial charge in [0, 0.05) is 5.56 Å². The van der Waals surface area contributed by atoms with Crippen LogP contribution >= 0.6 is 0 Å². The van der Waals surface area contributed by atoms with Crippen LogP contribution in [0.15, 0.2) is 54.6 Å². The molecule has 1 aliphatic rings. The van der Waals surface area contributed by atoms with E-state index >= 15 is 0 Å². The van der Waals surface area contributed by atoms with E-state index < -0.39 is 5.41 Å². The monoisotopic (exact) mass is 264 g/mol. The van der Waals surface area contributed by atoms with Gasteiger partial charge >= 0.3 is 5.97 Å². The summed E-state index contributed by atoms with van der Waals surface area (Å²) in [5.74, 6) is 0.428. The van der Waals surface area contributed by atoms with E-state index in [0.29, 0.717) is 5.75 Å². The number of para-hydroxylation sites is 1. The second kappa shape index (κ2) is 4.64. The van der Waals surface area contributed by atoms with E-state index in [1.165, 1.54) is 0 Å². The molecule has 0 unspecified atom stereocenters. The van der Waals surface area contributed by atoms with Gasteiger partial charge in [-0.15, -0.1) is 0 Å². The average Bonchev–Trinajstić information content (AvgIpc) is 2.45. The lowest BCUT2D eigenvalue weighted by atomic mass is 9.77. The summed E-state index contributed by atoms with van der Waals surface area (Å²) in [5.41, 5.74) is 2.42. The van der Waals surface area contributed by atoms with Crippen LogP contribution in [0.2, 0.25) is 0 Å². The zero-order chi connectivity index (χ0) is 14.2. The van der Waals surface area contributed by atoms with Crippen molar-refractivity contribution in [2.45, 2.75) is 13.8 Å². The van der Waals surface area contributed by atoms with Crippen LogP contribution in [0.4, 0.5) is 0 Å². The fraction of sp³-hybridized carbons (Fsp3) is 0.167. The van der Waals surface area contributed by atoms with Gasteiger partial charge in [-0.2, -0.15) is 0 Å². The largest absolute Gasteiger partial charge is 0.425 e. The van der Waals surface area contributed by atoms with Crippen LogP contribution < -0.4 is 4.74 Å². The SMILES string of the molecule is CC1(C)C(=O)Oc2ccccc2/C1=C\c1ccccc1. The number of benzene rings is 2. The number of hydrogen-bond acceptors (Lipinski definition) is 2. The molecule has 0 atom stereocenters. The van der Waals surface area contributed by atoms with Gasteiger partial charge in [-0.1, -0.05) is 48.5 Å². The lowest BCUT2D eigenvalue weighted by molar-refractivity contribution is -0.141. The third-order valence-corrected chi connectivity index (χ3v) is 3.67. The standard InChI is InChI=1S/C18H16O2/c1-18(2)15(12-13-8-4-3-5-9-13)14-10-6-7-11-16(14)20-17(18)19/h3-12H,1-2H3/b15-12+. The maximum Gasteiger partial charge on any atom is 0.321 e. The van der Waals surface area contributed by atoms with Crippen LogP contribution in [0.1, 0.15) is 25.0 Å². The van der Waals surface area contributed by atoms with Crippen LogP contribution in [-0.4, -0.2) is 5.97 Å². The van der Waals surface area contributed by atoms with Gasteiger partial charge < -0.3 is 4.74 Å². The Morgan fingerprint density at radius 2 is 1.60 bits per heavy atom. The van der Waals surface area contributed by atoms with Gasteiger partial charge in [0.1, 0.15) is 5.75 Å². The van der Waals surface area contributed by atoms with Gasteiger partial charge in [0.15, 0.2) is 0 Å². The summed E-state index contributed by atoms with van der Waals surface area (Å²) < 4.78 is 5.44. The Balaban J connectivity index is 2.21. The fourth-order valence-electron chi connectivity index (χ4n) is 2.43. The highest BCUT2D eigenvalue weighted by Gasteiger charge is 2.40. The van der Waals surface area contributed by atoms with Gasteiger partial charge in [0.25, 0.3) is 0 Å². The minimum Gasteiger partial charge on any atom is -0.425 e. The highest BCUT2D eigenvalue weighted by molar-refractivity contribution is 6.03. The Morgan fingerprint density at radius 1 is 0.950 bits per heavy atom. The number of ether oxygens (including phenoxy) is 1. The predicted molar refractivity (Wildman–Crippen MR) is 80.2 cm³/mol. The number of fused-ring (bicyclic) bond motifs is 1. The quantitative estimate of drug-likeness (QED) is 0.570. The Morgan fingerprint density at radius 3 is 2.35 bits per heavy atom. The second-order valence-corrected chi connectivity index (χ2v) is 5.48. The minimum atomic E-state index is -0.649. The molecule has 2 heteroatoms. The van der Waals surface area contributed by atoms with Crippen LogP contribution in [0.25, 0.3) is 11.6 Å². The average molecular weight is 264 g/mol. The summed E-state index contributed by atoms with van der Waals surface area (Å²) in [7, 11) is 0. The normalized spacial score (nSPS) is 18.5. The maximum atomic E-state index is 12.2. The summed E-state index contributed by atoms with van der Waals surface area (Å²) in [6.07, 6.45) is 2.07. The first-order valence-corrected chi connectivity index (χ1v) is 6.68. The zero-order valence-electron chi connectivity index (χ0n) is 11.6. The summed E-state index contributed by atoms with van der Waals surface area (Å²) in [6, 6.07) is 17.7. The first-order chi connectivity index (χ1) is 9.59. The molecule has 1 aliphatic heterocycles. The van der Waals surface area contributed by atoms with E-state index in [-0.39, 0.29) is 5.97 Å². The molecule has 3 rings (SSSR count). The molecule has 2 aromatic carbocycles. The smallest absolute Gasteiger partial charge is 0.321 e. The van der Waals surface area contributed by atoms with Crippen molar-refractivity contribution >= 4 is 17.6 Å². The molecule has 0 bridgehead atoms. The molecule has 20 heavy (non-hydrogen) atoms.